The molecule has 0 aliphatic carbocycles. The fourth-order valence-corrected chi connectivity index (χ4v) is 2.36. The van der Waals surface area contributed by atoms with Crippen LogP contribution in [0, 0.1) is 5.41 Å². The number of rotatable bonds is 4. The van der Waals surface area contributed by atoms with E-state index in [0.29, 0.717) is 17.6 Å². The fourth-order valence-electron chi connectivity index (χ4n) is 2.36. The van der Waals surface area contributed by atoms with E-state index in [2.05, 4.69) is 0 Å². The van der Waals surface area contributed by atoms with Gasteiger partial charge in [0.2, 0.25) is 0 Å². The second-order valence-electron chi connectivity index (χ2n) is 6.47. The van der Waals surface area contributed by atoms with Crippen LogP contribution in [0.15, 0.2) is 24.4 Å². The summed E-state index contributed by atoms with van der Waals surface area (Å²) < 4.78 is 2.00. The van der Waals surface area contributed by atoms with Crippen molar-refractivity contribution in [3.8, 4) is 0 Å². The second kappa shape index (κ2) is 5.56. The van der Waals surface area contributed by atoms with Crippen LogP contribution in [0.25, 0.3) is 10.9 Å². The van der Waals surface area contributed by atoms with Crippen molar-refractivity contribution < 1.29 is 9.90 Å². The van der Waals surface area contributed by atoms with E-state index in [0.717, 1.165) is 10.9 Å². The summed E-state index contributed by atoms with van der Waals surface area (Å²) >= 11 is 0. The highest BCUT2D eigenvalue weighted by molar-refractivity contribution is 6.33. The number of carbonyl (C=O) groups is 1. The van der Waals surface area contributed by atoms with Crippen LogP contribution in [0.1, 0.15) is 24.2 Å². The summed E-state index contributed by atoms with van der Waals surface area (Å²) in [4.78, 5) is 13.9. The minimum Gasteiger partial charge on any atom is -0.396 e. The Labute approximate surface area is 126 Å². The molecule has 0 fully saturated rings. The van der Waals surface area contributed by atoms with Gasteiger partial charge in [-0.2, -0.15) is 0 Å². The molecule has 0 unspecified atom stereocenters. The highest BCUT2D eigenvalue weighted by Gasteiger charge is 2.22. The van der Waals surface area contributed by atoms with Gasteiger partial charge in [0, 0.05) is 49.8 Å². The van der Waals surface area contributed by atoms with Crippen molar-refractivity contribution in [2.45, 2.75) is 20.4 Å². The van der Waals surface area contributed by atoms with Gasteiger partial charge in [-0.1, -0.05) is 31.4 Å². The first-order chi connectivity index (χ1) is 9.75. The number of hydrogen-bond acceptors (Lipinski definition) is 2. The quantitative estimate of drug-likeness (QED) is 0.856. The van der Waals surface area contributed by atoms with E-state index in [-0.39, 0.29) is 17.9 Å². The van der Waals surface area contributed by atoms with Gasteiger partial charge in [-0.15, -0.1) is 0 Å². The van der Waals surface area contributed by atoms with Gasteiger partial charge in [0.1, 0.15) is 7.85 Å². The van der Waals surface area contributed by atoms with Gasteiger partial charge < -0.3 is 14.6 Å². The monoisotopic (exact) mass is 284 g/mol. The summed E-state index contributed by atoms with van der Waals surface area (Å²) in [5, 5.41) is 10.4. The molecule has 0 spiro atoms. The maximum absolute atomic E-state index is 12.3. The third-order valence-electron chi connectivity index (χ3n) is 3.57. The van der Waals surface area contributed by atoms with Gasteiger partial charge in [-0.3, -0.25) is 4.79 Å². The first-order valence-corrected chi connectivity index (χ1v) is 6.96. The molecule has 2 rings (SSSR count). The van der Waals surface area contributed by atoms with Crippen molar-refractivity contribution in [3.05, 3.63) is 30.0 Å². The molecule has 21 heavy (non-hydrogen) atoms. The van der Waals surface area contributed by atoms with Crippen LogP contribution in [0.3, 0.4) is 0 Å². The minimum absolute atomic E-state index is 0.0367. The zero-order valence-corrected chi connectivity index (χ0v) is 13.1. The summed E-state index contributed by atoms with van der Waals surface area (Å²) in [7, 11) is 9.35. The zero-order valence-electron chi connectivity index (χ0n) is 13.1. The Kier molecular flexibility index (Phi) is 4.14. The molecular weight excluding hydrogens is 263 g/mol. The average molecular weight is 284 g/mol. The van der Waals surface area contributed by atoms with E-state index in [9.17, 15) is 9.90 Å². The van der Waals surface area contributed by atoms with Crippen molar-refractivity contribution in [1.29, 1.82) is 0 Å². The van der Waals surface area contributed by atoms with Gasteiger partial charge in [0.15, 0.2) is 0 Å². The van der Waals surface area contributed by atoms with Gasteiger partial charge in [0.25, 0.3) is 5.91 Å². The van der Waals surface area contributed by atoms with Crippen LogP contribution < -0.4 is 5.46 Å². The van der Waals surface area contributed by atoms with Crippen LogP contribution in [0.2, 0.25) is 0 Å². The lowest BCUT2D eigenvalue weighted by atomic mass is 9.93. The number of carbonyl (C=O) groups excluding carboxylic acids is 1. The Hall–Kier alpha value is -1.75. The Morgan fingerprint density at radius 2 is 2.05 bits per heavy atom. The van der Waals surface area contributed by atoms with Crippen molar-refractivity contribution in [2.75, 3.05) is 20.7 Å². The van der Waals surface area contributed by atoms with E-state index in [4.69, 9.17) is 7.85 Å². The summed E-state index contributed by atoms with van der Waals surface area (Å²) in [6.07, 6.45) is 1.85. The lowest BCUT2D eigenvalue weighted by Gasteiger charge is -2.22. The molecular formula is C16H21BN2O2. The van der Waals surface area contributed by atoms with Crippen molar-refractivity contribution in [1.82, 2.24) is 9.47 Å². The van der Waals surface area contributed by atoms with Crippen molar-refractivity contribution in [2.24, 2.45) is 5.41 Å². The van der Waals surface area contributed by atoms with Gasteiger partial charge in [-0.25, -0.2) is 0 Å². The van der Waals surface area contributed by atoms with E-state index in [1.165, 1.54) is 0 Å². The Morgan fingerprint density at radius 1 is 1.38 bits per heavy atom. The normalized spacial score (nSPS) is 11.9. The summed E-state index contributed by atoms with van der Waals surface area (Å²) in [5.41, 5.74) is 1.97. The molecule has 0 aliphatic heterocycles. The molecule has 0 saturated heterocycles. The molecule has 0 bridgehead atoms. The fraction of sp³-hybridized carbons (Fsp3) is 0.438. The summed E-state index contributed by atoms with van der Waals surface area (Å²) in [5.74, 6) is -0.0367. The number of aromatic nitrogens is 1. The lowest BCUT2D eigenvalue weighted by Crippen LogP contribution is -2.24. The maximum Gasteiger partial charge on any atom is 0.255 e. The molecule has 1 aromatic carbocycles. The highest BCUT2D eigenvalue weighted by atomic mass is 16.3. The number of fused-ring (bicyclic) bond motifs is 1. The topological polar surface area (TPSA) is 45.5 Å². The lowest BCUT2D eigenvalue weighted by molar-refractivity contribution is 0.0829. The molecule has 4 nitrogen and oxygen atoms in total. The third-order valence-corrected chi connectivity index (χ3v) is 3.57. The molecule has 5 heteroatoms. The molecule has 0 atom stereocenters. The number of nitrogens with zero attached hydrogens (tertiary/aromatic N) is 2. The van der Waals surface area contributed by atoms with Crippen molar-refractivity contribution in [3.63, 3.8) is 0 Å². The maximum atomic E-state index is 12.3. The van der Waals surface area contributed by atoms with Gasteiger partial charge >= 0.3 is 0 Å². The molecule has 2 aromatic rings. The molecule has 1 N–H and O–H groups in total. The average Bonchev–Trinajstić information content (AvgIpc) is 2.75. The molecule has 0 saturated carbocycles. The summed E-state index contributed by atoms with van der Waals surface area (Å²) in [6.45, 7) is 4.66. The Balaban J connectivity index is 2.60. The number of hydrogen-bond donors (Lipinski definition) is 1. The van der Waals surface area contributed by atoms with E-state index in [1.54, 1.807) is 25.1 Å². The zero-order chi connectivity index (χ0) is 15.8. The van der Waals surface area contributed by atoms with E-state index in [1.807, 2.05) is 36.7 Å². The largest absolute Gasteiger partial charge is 0.396 e. The van der Waals surface area contributed by atoms with Crippen LogP contribution >= 0.6 is 0 Å². The standard InChI is InChI=1S/C16H21BN2O2/c1-16(2,10-20)9-19-8-13(15(21)18(3)4)12-6-5-11(17)7-14(12)19/h5-8,20H,9-10H2,1-4H3. The van der Waals surface area contributed by atoms with Crippen molar-refractivity contribution >= 4 is 30.1 Å². The molecule has 1 amide bonds. The predicted octanol–water partition coefficient (Wildman–Crippen LogP) is 1.16. The molecule has 110 valence electrons. The number of amides is 1. The first kappa shape index (κ1) is 15.6. The van der Waals surface area contributed by atoms with Crippen LogP contribution in [0.4, 0.5) is 0 Å². The smallest absolute Gasteiger partial charge is 0.255 e. The van der Waals surface area contributed by atoms with E-state index >= 15 is 0 Å². The Morgan fingerprint density at radius 3 is 2.62 bits per heavy atom. The first-order valence-electron chi connectivity index (χ1n) is 6.96. The van der Waals surface area contributed by atoms with Crippen LogP contribution in [0.5, 0.6) is 0 Å². The second-order valence-corrected chi connectivity index (χ2v) is 6.47. The predicted molar refractivity (Wildman–Crippen MR) is 86.2 cm³/mol. The van der Waals surface area contributed by atoms with Gasteiger partial charge in [-0.05, 0) is 6.07 Å². The van der Waals surface area contributed by atoms with Crippen LogP contribution in [-0.2, 0) is 6.54 Å². The third kappa shape index (κ3) is 3.13. The van der Waals surface area contributed by atoms with E-state index < -0.39 is 0 Å². The number of benzene rings is 1. The molecule has 1 aromatic heterocycles. The molecule has 1 heterocycles. The number of aliphatic hydroxyl groups excluding tert-OH is 1. The van der Waals surface area contributed by atoms with Gasteiger partial charge in [0.05, 0.1) is 5.56 Å². The SMILES string of the molecule is [B]c1ccc2c(C(=O)N(C)C)cn(CC(C)(C)CO)c2c1. The Bertz CT molecular complexity index is 674. The number of aliphatic hydroxyl groups is 1. The van der Waals surface area contributed by atoms with Crippen LogP contribution in [-0.4, -0.2) is 49.0 Å². The summed E-state index contributed by atoms with van der Waals surface area (Å²) in [6, 6.07) is 5.55. The highest BCUT2D eigenvalue weighted by Crippen LogP contribution is 2.26. The minimum atomic E-state index is -0.269. The molecule has 0 aliphatic rings. The molecule has 2 radical (unpaired) electrons.